The second-order valence-corrected chi connectivity index (χ2v) is 5.42. The molecule has 0 aliphatic heterocycles. The van der Waals surface area contributed by atoms with Gasteiger partial charge in [-0.15, -0.1) is 0 Å². The van der Waals surface area contributed by atoms with Crippen molar-refractivity contribution in [2.75, 3.05) is 0 Å². The van der Waals surface area contributed by atoms with E-state index in [0.717, 1.165) is 6.42 Å². The fraction of sp³-hybridized carbons (Fsp3) is 0.929. The molecule has 0 saturated heterocycles. The Balaban J connectivity index is 2.63. The standard InChI is InChI=1S/C14H26N2/c1-4-14(11-15,12(2)3)16-13-9-7-5-6-8-10-13/h12-13,16H,4-10H2,1-3H3. The van der Waals surface area contributed by atoms with Crippen LogP contribution < -0.4 is 5.32 Å². The van der Waals surface area contributed by atoms with Crippen molar-refractivity contribution in [2.24, 2.45) is 5.92 Å². The lowest BCUT2D eigenvalue weighted by Crippen LogP contribution is -2.52. The number of hydrogen-bond donors (Lipinski definition) is 1. The van der Waals surface area contributed by atoms with Crippen molar-refractivity contribution in [3.05, 3.63) is 0 Å². The third-order valence-corrected chi connectivity index (χ3v) is 4.06. The summed E-state index contributed by atoms with van der Waals surface area (Å²) in [5.41, 5.74) is -0.311. The van der Waals surface area contributed by atoms with Crippen LogP contribution in [0.2, 0.25) is 0 Å². The van der Waals surface area contributed by atoms with Crippen LogP contribution in [-0.4, -0.2) is 11.6 Å². The van der Waals surface area contributed by atoms with Gasteiger partial charge in [0, 0.05) is 6.04 Å². The summed E-state index contributed by atoms with van der Waals surface area (Å²) in [5.74, 6) is 0.380. The predicted molar refractivity (Wildman–Crippen MR) is 68.1 cm³/mol. The average Bonchev–Trinajstić information content (AvgIpc) is 2.54. The van der Waals surface area contributed by atoms with Gasteiger partial charge in [0.2, 0.25) is 0 Å². The summed E-state index contributed by atoms with van der Waals surface area (Å²) in [6.45, 7) is 6.42. The molecule has 1 unspecified atom stereocenters. The normalized spacial score (nSPS) is 22.4. The lowest BCUT2D eigenvalue weighted by atomic mass is 9.84. The third kappa shape index (κ3) is 3.22. The molecule has 1 N–H and O–H groups in total. The molecule has 1 aliphatic rings. The highest BCUT2D eigenvalue weighted by Gasteiger charge is 2.33. The van der Waals surface area contributed by atoms with Crippen LogP contribution >= 0.6 is 0 Å². The van der Waals surface area contributed by atoms with E-state index in [4.69, 9.17) is 0 Å². The second kappa shape index (κ2) is 6.25. The maximum atomic E-state index is 9.44. The highest BCUT2D eigenvalue weighted by Crippen LogP contribution is 2.25. The van der Waals surface area contributed by atoms with Crippen LogP contribution in [0, 0.1) is 17.2 Å². The van der Waals surface area contributed by atoms with E-state index >= 15 is 0 Å². The van der Waals surface area contributed by atoms with Gasteiger partial charge in [0.05, 0.1) is 6.07 Å². The maximum absolute atomic E-state index is 9.44. The fourth-order valence-corrected chi connectivity index (χ4v) is 2.71. The molecule has 0 aromatic carbocycles. The van der Waals surface area contributed by atoms with Gasteiger partial charge in [-0.1, -0.05) is 46.5 Å². The van der Waals surface area contributed by atoms with Gasteiger partial charge in [0.1, 0.15) is 5.54 Å². The zero-order valence-corrected chi connectivity index (χ0v) is 11.1. The lowest BCUT2D eigenvalue weighted by molar-refractivity contribution is 0.254. The predicted octanol–water partition coefficient (Wildman–Crippen LogP) is 3.63. The van der Waals surface area contributed by atoms with Crippen LogP contribution in [0.1, 0.15) is 65.7 Å². The van der Waals surface area contributed by atoms with E-state index in [-0.39, 0.29) is 5.54 Å². The molecule has 0 aromatic heterocycles. The largest absolute Gasteiger partial charge is 0.296 e. The Morgan fingerprint density at radius 3 is 2.19 bits per heavy atom. The molecule has 0 heterocycles. The van der Waals surface area contributed by atoms with E-state index in [1.54, 1.807) is 0 Å². The number of nitrogens with one attached hydrogen (secondary N) is 1. The third-order valence-electron chi connectivity index (χ3n) is 4.06. The van der Waals surface area contributed by atoms with Gasteiger partial charge in [-0.25, -0.2) is 0 Å². The zero-order chi connectivity index (χ0) is 12.0. The van der Waals surface area contributed by atoms with E-state index in [1.165, 1.54) is 38.5 Å². The Hall–Kier alpha value is -0.550. The van der Waals surface area contributed by atoms with Crippen molar-refractivity contribution in [1.82, 2.24) is 5.32 Å². The highest BCUT2D eigenvalue weighted by atomic mass is 15.0. The van der Waals surface area contributed by atoms with Crippen molar-refractivity contribution in [3.8, 4) is 6.07 Å². The molecule has 0 amide bonds. The number of nitriles is 1. The van der Waals surface area contributed by atoms with E-state index in [0.29, 0.717) is 12.0 Å². The molecular weight excluding hydrogens is 196 g/mol. The summed E-state index contributed by atoms with van der Waals surface area (Å²) in [6, 6.07) is 3.08. The molecule has 2 nitrogen and oxygen atoms in total. The van der Waals surface area contributed by atoms with Gasteiger partial charge in [-0.05, 0) is 25.2 Å². The summed E-state index contributed by atoms with van der Waals surface area (Å²) in [5, 5.41) is 13.1. The molecule has 1 saturated carbocycles. The summed E-state index contributed by atoms with van der Waals surface area (Å²) in [6.07, 6.45) is 8.77. The van der Waals surface area contributed by atoms with E-state index < -0.39 is 0 Å². The summed E-state index contributed by atoms with van der Waals surface area (Å²) >= 11 is 0. The smallest absolute Gasteiger partial charge is 0.109 e. The molecule has 16 heavy (non-hydrogen) atoms. The Morgan fingerprint density at radius 1 is 1.25 bits per heavy atom. The molecule has 2 heteroatoms. The van der Waals surface area contributed by atoms with Crippen LogP contribution in [0.3, 0.4) is 0 Å². The first kappa shape index (κ1) is 13.5. The lowest BCUT2D eigenvalue weighted by Gasteiger charge is -2.35. The van der Waals surface area contributed by atoms with E-state index in [1.807, 2.05) is 0 Å². The minimum atomic E-state index is -0.311. The number of nitrogens with zero attached hydrogens (tertiary/aromatic N) is 1. The van der Waals surface area contributed by atoms with Crippen molar-refractivity contribution in [1.29, 1.82) is 5.26 Å². The second-order valence-electron chi connectivity index (χ2n) is 5.42. The topological polar surface area (TPSA) is 35.8 Å². The summed E-state index contributed by atoms with van der Waals surface area (Å²) < 4.78 is 0. The van der Waals surface area contributed by atoms with Gasteiger partial charge < -0.3 is 0 Å². The molecule has 92 valence electrons. The Kier molecular flexibility index (Phi) is 5.28. The summed E-state index contributed by atoms with van der Waals surface area (Å²) in [4.78, 5) is 0. The van der Waals surface area contributed by atoms with Crippen molar-refractivity contribution in [2.45, 2.75) is 77.3 Å². The Bertz CT molecular complexity index is 234. The fourth-order valence-electron chi connectivity index (χ4n) is 2.71. The first-order valence-electron chi connectivity index (χ1n) is 6.83. The number of rotatable bonds is 4. The molecule has 0 bridgehead atoms. The van der Waals surface area contributed by atoms with Gasteiger partial charge in [-0.2, -0.15) is 5.26 Å². The Labute approximate surface area is 100 Å². The average molecular weight is 222 g/mol. The number of hydrogen-bond acceptors (Lipinski definition) is 2. The van der Waals surface area contributed by atoms with Crippen LogP contribution in [0.25, 0.3) is 0 Å². The molecule has 1 aliphatic carbocycles. The van der Waals surface area contributed by atoms with Crippen molar-refractivity contribution in [3.63, 3.8) is 0 Å². The van der Waals surface area contributed by atoms with Crippen LogP contribution in [0.5, 0.6) is 0 Å². The van der Waals surface area contributed by atoms with Crippen LogP contribution in [-0.2, 0) is 0 Å². The molecule has 0 radical (unpaired) electrons. The van der Waals surface area contributed by atoms with Crippen molar-refractivity contribution >= 4 is 0 Å². The SMILES string of the molecule is CCC(C#N)(NC1CCCCCC1)C(C)C. The summed E-state index contributed by atoms with van der Waals surface area (Å²) in [7, 11) is 0. The minimum Gasteiger partial charge on any atom is -0.296 e. The first-order valence-corrected chi connectivity index (χ1v) is 6.83. The van der Waals surface area contributed by atoms with E-state index in [2.05, 4.69) is 32.2 Å². The molecular formula is C14H26N2. The molecule has 0 aromatic rings. The van der Waals surface area contributed by atoms with Crippen LogP contribution in [0.15, 0.2) is 0 Å². The van der Waals surface area contributed by atoms with Gasteiger partial charge in [0.15, 0.2) is 0 Å². The molecule has 0 spiro atoms. The quantitative estimate of drug-likeness (QED) is 0.737. The molecule has 1 fully saturated rings. The molecule has 1 rings (SSSR count). The molecule has 1 atom stereocenters. The zero-order valence-electron chi connectivity index (χ0n) is 11.1. The van der Waals surface area contributed by atoms with Gasteiger partial charge >= 0.3 is 0 Å². The van der Waals surface area contributed by atoms with Gasteiger partial charge in [-0.3, -0.25) is 5.32 Å². The highest BCUT2D eigenvalue weighted by molar-refractivity contribution is 5.09. The van der Waals surface area contributed by atoms with Gasteiger partial charge in [0.25, 0.3) is 0 Å². The van der Waals surface area contributed by atoms with E-state index in [9.17, 15) is 5.26 Å². The van der Waals surface area contributed by atoms with Crippen molar-refractivity contribution < 1.29 is 0 Å². The maximum Gasteiger partial charge on any atom is 0.109 e. The minimum absolute atomic E-state index is 0.311. The van der Waals surface area contributed by atoms with Crippen LogP contribution in [0.4, 0.5) is 0 Å². The Morgan fingerprint density at radius 2 is 1.81 bits per heavy atom. The monoisotopic (exact) mass is 222 g/mol. The first-order chi connectivity index (χ1) is 7.64.